The maximum absolute atomic E-state index is 13.1. The first-order valence-corrected chi connectivity index (χ1v) is 10.2. The summed E-state index contributed by atoms with van der Waals surface area (Å²) in [6.45, 7) is 5.09. The molecule has 150 valence electrons. The molecule has 1 heterocycles. The summed E-state index contributed by atoms with van der Waals surface area (Å²) in [5.74, 6) is 0.782. The van der Waals surface area contributed by atoms with E-state index in [4.69, 9.17) is 9.84 Å². The van der Waals surface area contributed by atoms with Crippen molar-refractivity contribution in [3.63, 3.8) is 0 Å². The van der Waals surface area contributed by atoms with Gasteiger partial charge in [0, 0.05) is 18.3 Å². The van der Waals surface area contributed by atoms with E-state index in [1.54, 1.807) is 4.90 Å². The lowest BCUT2D eigenvalue weighted by atomic mass is 10.1. The van der Waals surface area contributed by atoms with Crippen LogP contribution in [0.25, 0.3) is 5.69 Å². The van der Waals surface area contributed by atoms with Crippen LogP contribution in [0.3, 0.4) is 0 Å². The van der Waals surface area contributed by atoms with Crippen LogP contribution in [-0.4, -0.2) is 40.8 Å². The minimum absolute atomic E-state index is 0.0389. The van der Waals surface area contributed by atoms with Crippen molar-refractivity contribution >= 4 is 5.91 Å². The molecule has 1 aliphatic rings. The number of hydrogen-bond acceptors (Lipinski definition) is 3. The Morgan fingerprint density at radius 1 is 1.10 bits per heavy atom. The van der Waals surface area contributed by atoms with Crippen LogP contribution < -0.4 is 4.74 Å². The third-order valence-electron chi connectivity index (χ3n) is 5.54. The van der Waals surface area contributed by atoms with Crippen LogP contribution in [0, 0.1) is 13.8 Å². The minimum atomic E-state index is -0.0389. The van der Waals surface area contributed by atoms with E-state index in [1.165, 1.54) is 11.3 Å². The van der Waals surface area contributed by atoms with Crippen molar-refractivity contribution < 1.29 is 9.53 Å². The fraction of sp³-hybridized carbons (Fsp3) is 0.333. The zero-order valence-corrected chi connectivity index (χ0v) is 17.3. The van der Waals surface area contributed by atoms with Crippen LogP contribution in [0.1, 0.15) is 39.3 Å². The van der Waals surface area contributed by atoms with Gasteiger partial charge in [0.1, 0.15) is 12.4 Å². The van der Waals surface area contributed by atoms with Crippen molar-refractivity contribution in [1.29, 1.82) is 0 Å². The Morgan fingerprint density at radius 2 is 1.86 bits per heavy atom. The van der Waals surface area contributed by atoms with Crippen LogP contribution in [0.15, 0.2) is 48.5 Å². The largest absolute Gasteiger partial charge is 0.492 e. The van der Waals surface area contributed by atoms with E-state index >= 15 is 0 Å². The van der Waals surface area contributed by atoms with Crippen LogP contribution in [0.5, 0.6) is 5.75 Å². The molecular weight excluding hydrogens is 362 g/mol. The van der Waals surface area contributed by atoms with Gasteiger partial charge in [0.05, 0.1) is 12.2 Å². The highest BCUT2D eigenvalue weighted by Gasteiger charge is 2.28. The quantitative estimate of drug-likeness (QED) is 0.637. The van der Waals surface area contributed by atoms with Gasteiger partial charge in [-0.25, -0.2) is 4.68 Å². The van der Waals surface area contributed by atoms with E-state index in [9.17, 15) is 4.79 Å². The second-order valence-corrected chi connectivity index (χ2v) is 7.71. The lowest BCUT2D eigenvalue weighted by Crippen LogP contribution is -2.31. The number of rotatable bonds is 6. The third kappa shape index (κ3) is 3.90. The molecule has 1 aromatic heterocycles. The number of aromatic nitrogens is 2. The van der Waals surface area contributed by atoms with Gasteiger partial charge in [0.2, 0.25) is 0 Å². The zero-order chi connectivity index (χ0) is 20.4. The number of benzene rings is 2. The smallest absolute Gasteiger partial charge is 0.274 e. The van der Waals surface area contributed by atoms with E-state index in [1.807, 2.05) is 55.1 Å². The van der Waals surface area contributed by atoms with Crippen molar-refractivity contribution in [2.24, 2.45) is 0 Å². The summed E-state index contributed by atoms with van der Waals surface area (Å²) in [4.78, 5) is 14.8. The molecule has 0 radical (unpaired) electrons. The lowest BCUT2D eigenvalue weighted by Gasteiger charge is -2.17. The van der Waals surface area contributed by atoms with Crippen molar-refractivity contribution in [2.75, 3.05) is 20.2 Å². The Kier molecular flexibility index (Phi) is 5.38. The summed E-state index contributed by atoms with van der Waals surface area (Å²) in [5, 5.41) is 4.74. The van der Waals surface area contributed by atoms with Gasteiger partial charge in [0.15, 0.2) is 5.69 Å². The Labute approximate surface area is 171 Å². The number of fused-ring (bicyclic) bond motifs is 1. The number of amides is 1. The molecule has 3 aromatic rings. The predicted molar refractivity (Wildman–Crippen MR) is 114 cm³/mol. The van der Waals surface area contributed by atoms with E-state index < -0.39 is 0 Å². The van der Waals surface area contributed by atoms with Crippen LogP contribution in [0.4, 0.5) is 0 Å². The van der Waals surface area contributed by atoms with Crippen LogP contribution in [-0.2, 0) is 12.8 Å². The molecule has 0 N–H and O–H groups in total. The molecule has 0 atom stereocenters. The van der Waals surface area contributed by atoms with Crippen molar-refractivity contribution in [3.8, 4) is 11.4 Å². The normalized spacial score (nSPS) is 12.7. The Hall–Kier alpha value is -3.08. The first kappa shape index (κ1) is 19.2. The molecular formula is C24H27N3O2. The average Bonchev–Trinajstić information content (AvgIpc) is 3.32. The molecule has 2 aromatic carbocycles. The molecule has 0 saturated heterocycles. The van der Waals surface area contributed by atoms with E-state index in [2.05, 4.69) is 19.1 Å². The van der Waals surface area contributed by atoms with Gasteiger partial charge in [-0.05, 0) is 56.9 Å². The summed E-state index contributed by atoms with van der Waals surface area (Å²) < 4.78 is 7.75. The molecule has 4 rings (SSSR count). The topological polar surface area (TPSA) is 47.4 Å². The third-order valence-corrected chi connectivity index (χ3v) is 5.54. The number of ether oxygens (including phenoxy) is 1. The molecule has 1 amide bonds. The van der Waals surface area contributed by atoms with E-state index in [-0.39, 0.29) is 5.91 Å². The molecule has 0 saturated carbocycles. The first-order valence-electron chi connectivity index (χ1n) is 10.2. The van der Waals surface area contributed by atoms with Gasteiger partial charge in [-0.1, -0.05) is 35.9 Å². The number of nitrogens with zero attached hydrogens (tertiary/aromatic N) is 3. The molecule has 0 aliphatic heterocycles. The summed E-state index contributed by atoms with van der Waals surface area (Å²) in [6.07, 6.45) is 2.94. The van der Waals surface area contributed by atoms with E-state index in [0.29, 0.717) is 18.8 Å². The molecule has 0 bridgehead atoms. The molecule has 5 nitrogen and oxygen atoms in total. The summed E-state index contributed by atoms with van der Waals surface area (Å²) >= 11 is 0. The molecule has 1 aliphatic carbocycles. The van der Waals surface area contributed by atoms with Crippen LogP contribution in [0.2, 0.25) is 0 Å². The number of aryl methyl sites for hydroxylation is 2. The Morgan fingerprint density at radius 3 is 2.62 bits per heavy atom. The number of likely N-dealkylation sites (N-methyl/N-ethyl adjacent to an activating group) is 1. The van der Waals surface area contributed by atoms with Crippen molar-refractivity contribution in [3.05, 3.63) is 76.6 Å². The minimum Gasteiger partial charge on any atom is -0.492 e. The number of carbonyl (C=O) groups excluding carboxylic acids is 1. The molecule has 0 fully saturated rings. The summed E-state index contributed by atoms with van der Waals surface area (Å²) in [5.41, 5.74) is 6.26. The van der Waals surface area contributed by atoms with Gasteiger partial charge in [-0.15, -0.1) is 0 Å². The van der Waals surface area contributed by atoms with Gasteiger partial charge in [0.25, 0.3) is 5.91 Å². The maximum atomic E-state index is 13.1. The molecule has 0 spiro atoms. The molecule has 5 heteroatoms. The zero-order valence-electron chi connectivity index (χ0n) is 17.3. The van der Waals surface area contributed by atoms with Crippen LogP contribution >= 0.6 is 0 Å². The Balaban J connectivity index is 1.49. The highest BCUT2D eigenvalue weighted by atomic mass is 16.5. The SMILES string of the molecule is Cc1ccc(OCCN(C)C(=O)c2nn(-c3ccccc3C)c3c2CCC3)cc1. The molecule has 0 unspecified atom stereocenters. The Bertz CT molecular complexity index is 1020. The fourth-order valence-corrected chi connectivity index (χ4v) is 3.83. The number of hydrogen-bond donors (Lipinski definition) is 0. The van der Waals surface area contributed by atoms with Crippen molar-refractivity contribution in [1.82, 2.24) is 14.7 Å². The van der Waals surface area contributed by atoms with Gasteiger partial charge >= 0.3 is 0 Å². The van der Waals surface area contributed by atoms with Gasteiger partial charge in [-0.2, -0.15) is 5.10 Å². The fourth-order valence-electron chi connectivity index (χ4n) is 3.83. The number of para-hydroxylation sites is 1. The standard InChI is InChI=1S/C24H27N3O2/c1-17-11-13-19(14-12-17)29-16-15-26(3)24(28)23-20-8-6-10-22(20)27(25-23)21-9-5-4-7-18(21)2/h4-5,7,9,11-14H,6,8,10,15-16H2,1-3H3. The predicted octanol–water partition coefficient (Wildman–Crippen LogP) is 4.13. The van der Waals surface area contributed by atoms with Gasteiger partial charge in [-0.3, -0.25) is 4.79 Å². The number of carbonyl (C=O) groups is 1. The summed E-state index contributed by atoms with van der Waals surface area (Å²) in [6, 6.07) is 16.1. The van der Waals surface area contributed by atoms with Gasteiger partial charge < -0.3 is 9.64 Å². The summed E-state index contributed by atoms with van der Waals surface area (Å²) in [7, 11) is 1.81. The van der Waals surface area contributed by atoms with Crippen molar-refractivity contribution in [2.45, 2.75) is 33.1 Å². The molecule has 29 heavy (non-hydrogen) atoms. The monoisotopic (exact) mass is 389 g/mol. The maximum Gasteiger partial charge on any atom is 0.274 e. The van der Waals surface area contributed by atoms with E-state index in [0.717, 1.165) is 41.8 Å². The second-order valence-electron chi connectivity index (χ2n) is 7.71. The second kappa shape index (κ2) is 8.11. The lowest BCUT2D eigenvalue weighted by molar-refractivity contribution is 0.0766. The first-order chi connectivity index (χ1) is 14.0. The average molecular weight is 389 g/mol. The highest BCUT2D eigenvalue weighted by molar-refractivity contribution is 5.94. The highest BCUT2D eigenvalue weighted by Crippen LogP contribution is 2.29.